The Morgan fingerprint density at radius 3 is 2.73 bits per heavy atom. The van der Waals surface area contributed by atoms with Crippen LogP contribution in [-0.2, 0) is 5.54 Å². The quantitative estimate of drug-likeness (QED) is 0.802. The predicted octanol–water partition coefficient (Wildman–Crippen LogP) is 1.46. The van der Waals surface area contributed by atoms with Gasteiger partial charge in [0.05, 0.1) is 5.69 Å². The maximum atomic E-state index is 6.03. The summed E-state index contributed by atoms with van der Waals surface area (Å²) in [6.07, 6.45) is 3.18. The number of benzene rings is 1. The van der Waals surface area contributed by atoms with Crippen LogP contribution in [0.4, 0.5) is 0 Å². The zero-order valence-electron chi connectivity index (χ0n) is 8.88. The van der Waals surface area contributed by atoms with Crippen LogP contribution in [0.3, 0.4) is 0 Å². The van der Waals surface area contributed by atoms with E-state index in [0.29, 0.717) is 0 Å². The lowest BCUT2D eigenvalue weighted by atomic mass is 9.95. The van der Waals surface area contributed by atoms with Crippen LogP contribution in [0.15, 0.2) is 36.9 Å². The van der Waals surface area contributed by atoms with Gasteiger partial charge in [-0.3, -0.25) is 0 Å². The van der Waals surface area contributed by atoms with E-state index in [9.17, 15) is 0 Å². The summed E-state index contributed by atoms with van der Waals surface area (Å²) in [5.74, 6) is 0. The number of nitrogens with two attached hydrogens (primary N) is 1. The van der Waals surface area contributed by atoms with Gasteiger partial charge in [0.15, 0.2) is 0 Å². The van der Waals surface area contributed by atoms with Crippen LogP contribution in [-0.4, -0.2) is 14.8 Å². The molecule has 0 radical (unpaired) electrons. The van der Waals surface area contributed by atoms with Crippen molar-refractivity contribution in [1.82, 2.24) is 14.8 Å². The van der Waals surface area contributed by atoms with Crippen molar-refractivity contribution in [2.75, 3.05) is 0 Å². The minimum Gasteiger partial charge on any atom is -0.322 e. The molecule has 0 aliphatic carbocycles. The van der Waals surface area contributed by atoms with Gasteiger partial charge in [-0.05, 0) is 31.5 Å². The zero-order valence-corrected chi connectivity index (χ0v) is 8.88. The van der Waals surface area contributed by atoms with E-state index in [2.05, 4.69) is 10.1 Å². The molecule has 0 aliphatic rings. The molecule has 0 atom stereocenters. The van der Waals surface area contributed by atoms with Gasteiger partial charge >= 0.3 is 0 Å². The summed E-state index contributed by atoms with van der Waals surface area (Å²) >= 11 is 0. The Morgan fingerprint density at radius 1 is 1.33 bits per heavy atom. The Balaban J connectivity index is 2.44. The van der Waals surface area contributed by atoms with Crippen molar-refractivity contribution in [2.24, 2.45) is 5.73 Å². The highest BCUT2D eigenvalue weighted by molar-refractivity contribution is 5.37. The molecular formula is C11H14N4. The van der Waals surface area contributed by atoms with Gasteiger partial charge in [-0.1, -0.05) is 12.1 Å². The smallest absolute Gasteiger partial charge is 0.138 e. The van der Waals surface area contributed by atoms with Crippen molar-refractivity contribution in [2.45, 2.75) is 19.4 Å². The molecule has 1 aromatic heterocycles. The van der Waals surface area contributed by atoms with Crippen LogP contribution in [0.2, 0.25) is 0 Å². The van der Waals surface area contributed by atoms with E-state index in [1.165, 1.54) is 6.33 Å². The molecule has 4 heteroatoms. The molecule has 2 aromatic rings. The highest BCUT2D eigenvalue weighted by Gasteiger charge is 2.14. The molecule has 0 saturated heterocycles. The largest absolute Gasteiger partial charge is 0.322 e. The number of rotatable bonds is 2. The fraction of sp³-hybridized carbons (Fsp3) is 0.273. The molecule has 1 heterocycles. The average molecular weight is 202 g/mol. The summed E-state index contributed by atoms with van der Waals surface area (Å²) in [5, 5.41) is 4.07. The van der Waals surface area contributed by atoms with Crippen molar-refractivity contribution in [1.29, 1.82) is 0 Å². The first-order chi connectivity index (χ1) is 7.07. The monoisotopic (exact) mass is 202 g/mol. The third-order valence-corrected chi connectivity index (χ3v) is 2.27. The molecule has 1 aromatic carbocycles. The fourth-order valence-corrected chi connectivity index (χ4v) is 1.39. The van der Waals surface area contributed by atoms with Gasteiger partial charge in [-0.15, -0.1) is 0 Å². The van der Waals surface area contributed by atoms with Gasteiger partial charge in [-0.2, -0.15) is 5.10 Å². The van der Waals surface area contributed by atoms with Crippen molar-refractivity contribution >= 4 is 0 Å². The summed E-state index contributed by atoms with van der Waals surface area (Å²) in [4.78, 5) is 3.91. The highest BCUT2D eigenvalue weighted by atomic mass is 15.3. The Hall–Kier alpha value is -1.68. The molecule has 15 heavy (non-hydrogen) atoms. The van der Waals surface area contributed by atoms with Gasteiger partial charge in [0.25, 0.3) is 0 Å². The van der Waals surface area contributed by atoms with Crippen LogP contribution in [0.5, 0.6) is 0 Å². The second kappa shape index (κ2) is 3.47. The van der Waals surface area contributed by atoms with E-state index in [0.717, 1.165) is 11.3 Å². The molecule has 78 valence electrons. The summed E-state index contributed by atoms with van der Waals surface area (Å²) in [6.45, 7) is 3.96. The maximum Gasteiger partial charge on any atom is 0.138 e. The lowest BCUT2D eigenvalue weighted by Gasteiger charge is -2.19. The standard InChI is InChI=1S/C11H14N4/c1-11(2,12)9-4-3-5-10(6-9)15-8-13-7-14-15/h3-8H,12H2,1-2H3. The van der Waals surface area contributed by atoms with E-state index in [1.54, 1.807) is 11.0 Å². The fourth-order valence-electron chi connectivity index (χ4n) is 1.39. The van der Waals surface area contributed by atoms with Gasteiger partial charge in [-0.25, -0.2) is 9.67 Å². The van der Waals surface area contributed by atoms with Crippen molar-refractivity contribution in [3.8, 4) is 5.69 Å². The third kappa shape index (κ3) is 2.05. The molecule has 0 unspecified atom stereocenters. The van der Waals surface area contributed by atoms with Crippen molar-refractivity contribution < 1.29 is 0 Å². The minimum absolute atomic E-state index is 0.337. The Kier molecular flexibility index (Phi) is 2.28. The molecule has 0 bridgehead atoms. The first-order valence-electron chi connectivity index (χ1n) is 4.82. The average Bonchev–Trinajstić information content (AvgIpc) is 2.69. The SMILES string of the molecule is CC(C)(N)c1cccc(-n2cncn2)c1. The maximum absolute atomic E-state index is 6.03. The summed E-state index contributed by atoms with van der Waals surface area (Å²) in [5.41, 5.74) is 7.75. The van der Waals surface area contributed by atoms with Crippen LogP contribution in [0, 0.1) is 0 Å². The van der Waals surface area contributed by atoms with Crippen LogP contribution < -0.4 is 5.73 Å². The molecule has 4 nitrogen and oxygen atoms in total. The number of hydrogen-bond donors (Lipinski definition) is 1. The first kappa shape index (κ1) is 9.86. The first-order valence-corrected chi connectivity index (χ1v) is 4.82. The van der Waals surface area contributed by atoms with Gasteiger partial charge in [0, 0.05) is 5.54 Å². The molecule has 0 spiro atoms. The topological polar surface area (TPSA) is 56.7 Å². The number of nitrogens with zero attached hydrogens (tertiary/aromatic N) is 3. The zero-order chi connectivity index (χ0) is 10.9. The van der Waals surface area contributed by atoms with E-state index >= 15 is 0 Å². The van der Waals surface area contributed by atoms with E-state index in [1.807, 2.05) is 38.1 Å². The molecule has 0 fully saturated rings. The highest BCUT2D eigenvalue weighted by Crippen LogP contribution is 2.19. The van der Waals surface area contributed by atoms with E-state index in [-0.39, 0.29) is 5.54 Å². The Morgan fingerprint density at radius 2 is 2.13 bits per heavy atom. The van der Waals surface area contributed by atoms with E-state index < -0.39 is 0 Å². The molecular weight excluding hydrogens is 188 g/mol. The Labute approximate surface area is 88.8 Å². The van der Waals surface area contributed by atoms with Gasteiger partial charge in [0.1, 0.15) is 12.7 Å². The molecule has 2 rings (SSSR count). The Bertz CT molecular complexity index is 440. The second-order valence-electron chi connectivity index (χ2n) is 4.11. The van der Waals surface area contributed by atoms with Crippen molar-refractivity contribution in [3.63, 3.8) is 0 Å². The second-order valence-corrected chi connectivity index (χ2v) is 4.11. The molecule has 0 saturated carbocycles. The normalized spacial score (nSPS) is 11.7. The van der Waals surface area contributed by atoms with E-state index in [4.69, 9.17) is 5.73 Å². The van der Waals surface area contributed by atoms with Crippen LogP contribution in [0.25, 0.3) is 5.69 Å². The summed E-state index contributed by atoms with van der Waals surface area (Å²) in [7, 11) is 0. The lowest BCUT2D eigenvalue weighted by molar-refractivity contribution is 0.554. The van der Waals surface area contributed by atoms with Gasteiger partial charge in [0.2, 0.25) is 0 Å². The summed E-state index contributed by atoms with van der Waals surface area (Å²) in [6, 6.07) is 7.99. The lowest BCUT2D eigenvalue weighted by Crippen LogP contribution is -2.28. The minimum atomic E-state index is -0.337. The van der Waals surface area contributed by atoms with Crippen LogP contribution in [0.1, 0.15) is 19.4 Å². The number of aromatic nitrogens is 3. The molecule has 0 aliphatic heterocycles. The third-order valence-electron chi connectivity index (χ3n) is 2.27. The number of hydrogen-bond acceptors (Lipinski definition) is 3. The molecule has 0 amide bonds. The summed E-state index contributed by atoms with van der Waals surface area (Å²) < 4.78 is 1.72. The molecule has 2 N–H and O–H groups in total. The predicted molar refractivity (Wildman–Crippen MR) is 58.6 cm³/mol. The van der Waals surface area contributed by atoms with Crippen molar-refractivity contribution in [3.05, 3.63) is 42.5 Å². The van der Waals surface area contributed by atoms with Crippen LogP contribution >= 0.6 is 0 Å². The van der Waals surface area contributed by atoms with Gasteiger partial charge < -0.3 is 5.73 Å².